The fraction of sp³-hybridized carbons (Fsp3) is 0.429. The van der Waals surface area contributed by atoms with Gasteiger partial charge in [-0.25, -0.2) is 0 Å². The Morgan fingerprint density at radius 3 is 2.75 bits per heavy atom. The van der Waals surface area contributed by atoms with Crippen molar-refractivity contribution in [1.82, 2.24) is 10.2 Å². The van der Waals surface area contributed by atoms with E-state index in [2.05, 4.69) is 10.2 Å². The number of ether oxygens (including phenoxy) is 2. The molecule has 0 atom stereocenters. The maximum atomic E-state index is 5.54. The molecule has 1 fully saturated rings. The first-order valence-electron chi connectivity index (χ1n) is 3.58. The van der Waals surface area contributed by atoms with Gasteiger partial charge in [-0.15, -0.1) is 10.2 Å². The zero-order valence-corrected chi connectivity index (χ0v) is 6.99. The molecule has 0 unspecified atom stereocenters. The standard InChI is InChI=1S/C7H7ClN2O2/c8-6-1-2-7(10-9-6)12-5-3-11-4-5/h1-2,5H,3-4H2. The van der Waals surface area contributed by atoms with Gasteiger partial charge in [-0.1, -0.05) is 11.6 Å². The second kappa shape index (κ2) is 3.25. The van der Waals surface area contributed by atoms with Gasteiger partial charge < -0.3 is 9.47 Å². The van der Waals surface area contributed by atoms with Gasteiger partial charge in [-0.3, -0.25) is 0 Å². The summed E-state index contributed by atoms with van der Waals surface area (Å²) < 4.78 is 10.3. The Bertz CT molecular complexity index is 261. The molecule has 2 rings (SSSR count). The third-order valence-electron chi connectivity index (χ3n) is 1.50. The second-order valence-corrected chi connectivity index (χ2v) is 2.86. The number of hydrogen-bond donors (Lipinski definition) is 0. The highest BCUT2D eigenvalue weighted by Crippen LogP contribution is 2.13. The zero-order chi connectivity index (χ0) is 8.39. The first-order chi connectivity index (χ1) is 5.84. The molecular formula is C7H7ClN2O2. The lowest BCUT2D eigenvalue weighted by molar-refractivity contribution is -0.0816. The summed E-state index contributed by atoms with van der Waals surface area (Å²) in [5.41, 5.74) is 0. The molecule has 1 saturated heterocycles. The van der Waals surface area contributed by atoms with Gasteiger partial charge >= 0.3 is 0 Å². The third kappa shape index (κ3) is 1.65. The molecule has 0 saturated carbocycles. The molecule has 12 heavy (non-hydrogen) atoms. The Morgan fingerprint density at radius 1 is 1.42 bits per heavy atom. The van der Waals surface area contributed by atoms with Crippen molar-refractivity contribution in [3.63, 3.8) is 0 Å². The summed E-state index contributed by atoms with van der Waals surface area (Å²) in [5.74, 6) is 0.493. The second-order valence-electron chi connectivity index (χ2n) is 2.47. The van der Waals surface area contributed by atoms with Crippen LogP contribution in [0.5, 0.6) is 5.88 Å². The number of hydrogen-bond acceptors (Lipinski definition) is 4. The molecule has 0 aliphatic carbocycles. The van der Waals surface area contributed by atoms with Gasteiger partial charge in [0.2, 0.25) is 5.88 Å². The molecule has 0 radical (unpaired) electrons. The van der Waals surface area contributed by atoms with Crippen LogP contribution in [-0.2, 0) is 4.74 Å². The molecule has 64 valence electrons. The fourth-order valence-corrected chi connectivity index (χ4v) is 0.920. The molecule has 0 aromatic carbocycles. The molecule has 0 spiro atoms. The van der Waals surface area contributed by atoms with E-state index in [1.807, 2.05) is 0 Å². The van der Waals surface area contributed by atoms with Gasteiger partial charge in [-0.05, 0) is 6.07 Å². The van der Waals surface area contributed by atoms with E-state index in [1.165, 1.54) is 0 Å². The summed E-state index contributed by atoms with van der Waals surface area (Å²) in [6.07, 6.45) is 0.125. The maximum Gasteiger partial charge on any atom is 0.233 e. The lowest BCUT2D eigenvalue weighted by Crippen LogP contribution is -2.38. The molecule has 2 heterocycles. The number of rotatable bonds is 2. The van der Waals surface area contributed by atoms with E-state index < -0.39 is 0 Å². The summed E-state index contributed by atoms with van der Waals surface area (Å²) in [4.78, 5) is 0. The monoisotopic (exact) mass is 186 g/mol. The van der Waals surface area contributed by atoms with E-state index in [0.717, 1.165) is 0 Å². The van der Waals surface area contributed by atoms with E-state index in [0.29, 0.717) is 24.2 Å². The Hall–Kier alpha value is -0.870. The molecule has 1 aliphatic heterocycles. The van der Waals surface area contributed by atoms with E-state index in [9.17, 15) is 0 Å². The van der Waals surface area contributed by atoms with Crippen LogP contribution in [-0.4, -0.2) is 29.5 Å². The SMILES string of the molecule is Clc1ccc(OC2COC2)nn1. The van der Waals surface area contributed by atoms with Crippen LogP contribution in [0, 0.1) is 0 Å². The molecule has 0 bridgehead atoms. The molecular weight excluding hydrogens is 180 g/mol. The fourth-order valence-electron chi connectivity index (χ4n) is 0.819. The van der Waals surface area contributed by atoms with Crippen molar-refractivity contribution in [3.05, 3.63) is 17.3 Å². The molecule has 4 nitrogen and oxygen atoms in total. The van der Waals surface area contributed by atoms with Gasteiger partial charge in [0.1, 0.15) is 6.10 Å². The van der Waals surface area contributed by atoms with Crippen molar-refractivity contribution < 1.29 is 9.47 Å². The zero-order valence-electron chi connectivity index (χ0n) is 6.24. The predicted octanol–water partition coefficient (Wildman–Crippen LogP) is 0.908. The van der Waals surface area contributed by atoms with Crippen molar-refractivity contribution in [2.45, 2.75) is 6.10 Å². The van der Waals surface area contributed by atoms with E-state index in [1.54, 1.807) is 12.1 Å². The Kier molecular flexibility index (Phi) is 2.10. The summed E-state index contributed by atoms with van der Waals surface area (Å²) in [7, 11) is 0. The largest absolute Gasteiger partial charge is 0.468 e. The lowest BCUT2D eigenvalue weighted by atomic mass is 10.3. The Morgan fingerprint density at radius 2 is 2.25 bits per heavy atom. The van der Waals surface area contributed by atoms with E-state index in [-0.39, 0.29) is 6.10 Å². The van der Waals surface area contributed by atoms with Crippen LogP contribution in [0.1, 0.15) is 0 Å². The van der Waals surface area contributed by atoms with Crippen molar-refractivity contribution in [2.75, 3.05) is 13.2 Å². The van der Waals surface area contributed by atoms with E-state index in [4.69, 9.17) is 21.1 Å². The molecule has 0 N–H and O–H groups in total. The quantitative estimate of drug-likeness (QED) is 0.689. The van der Waals surface area contributed by atoms with Crippen LogP contribution in [0.3, 0.4) is 0 Å². The highest BCUT2D eigenvalue weighted by molar-refractivity contribution is 6.29. The van der Waals surface area contributed by atoms with E-state index >= 15 is 0 Å². The molecule has 0 amide bonds. The van der Waals surface area contributed by atoms with Crippen molar-refractivity contribution in [1.29, 1.82) is 0 Å². The van der Waals surface area contributed by atoms with Crippen LogP contribution in [0.15, 0.2) is 12.1 Å². The third-order valence-corrected chi connectivity index (χ3v) is 1.70. The Balaban J connectivity index is 1.98. The summed E-state index contributed by atoms with van der Waals surface area (Å²) in [5, 5.41) is 7.75. The average molecular weight is 187 g/mol. The minimum atomic E-state index is 0.125. The lowest BCUT2D eigenvalue weighted by Gasteiger charge is -2.25. The number of halogens is 1. The van der Waals surface area contributed by atoms with Crippen LogP contribution >= 0.6 is 11.6 Å². The normalized spacial score (nSPS) is 17.1. The van der Waals surface area contributed by atoms with Crippen molar-refractivity contribution in [3.8, 4) is 5.88 Å². The molecule has 1 aromatic heterocycles. The number of aromatic nitrogens is 2. The summed E-state index contributed by atoms with van der Waals surface area (Å²) in [6.45, 7) is 1.26. The minimum Gasteiger partial charge on any atom is -0.468 e. The predicted molar refractivity (Wildman–Crippen MR) is 42.3 cm³/mol. The first-order valence-corrected chi connectivity index (χ1v) is 3.96. The smallest absolute Gasteiger partial charge is 0.233 e. The summed E-state index contributed by atoms with van der Waals surface area (Å²) >= 11 is 5.54. The molecule has 1 aromatic rings. The van der Waals surface area contributed by atoms with Crippen LogP contribution in [0.4, 0.5) is 0 Å². The average Bonchev–Trinajstić information content (AvgIpc) is 2.00. The number of nitrogens with zero attached hydrogens (tertiary/aromatic N) is 2. The highest BCUT2D eigenvalue weighted by atomic mass is 35.5. The van der Waals surface area contributed by atoms with Crippen LogP contribution < -0.4 is 4.74 Å². The highest BCUT2D eigenvalue weighted by Gasteiger charge is 2.20. The topological polar surface area (TPSA) is 44.2 Å². The summed E-state index contributed by atoms with van der Waals surface area (Å²) in [6, 6.07) is 3.33. The molecule has 1 aliphatic rings. The maximum absolute atomic E-state index is 5.54. The van der Waals surface area contributed by atoms with Crippen molar-refractivity contribution in [2.24, 2.45) is 0 Å². The first kappa shape index (κ1) is 7.76. The van der Waals surface area contributed by atoms with Gasteiger partial charge in [0.25, 0.3) is 0 Å². The minimum absolute atomic E-state index is 0.125. The molecule has 5 heteroatoms. The van der Waals surface area contributed by atoms with Gasteiger partial charge in [0.15, 0.2) is 5.15 Å². The van der Waals surface area contributed by atoms with Gasteiger partial charge in [-0.2, -0.15) is 0 Å². The van der Waals surface area contributed by atoms with Crippen molar-refractivity contribution >= 4 is 11.6 Å². The van der Waals surface area contributed by atoms with Gasteiger partial charge in [0, 0.05) is 6.07 Å². The van der Waals surface area contributed by atoms with Crippen LogP contribution in [0.2, 0.25) is 5.15 Å². The van der Waals surface area contributed by atoms with Gasteiger partial charge in [0.05, 0.1) is 13.2 Å². The Labute approximate surface area is 74.5 Å². The van der Waals surface area contributed by atoms with Crippen LogP contribution in [0.25, 0.3) is 0 Å².